The van der Waals surface area contributed by atoms with Crippen LogP contribution in [0.4, 0.5) is 0 Å². The topological polar surface area (TPSA) is 20.3 Å². The third-order valence-corrected chi connectivity index (χ3v) is 3.02. The molecule has 0 N–H and O–H groups in total. The van der Waals surface area contributed by atoms with E-state index in [2.05, 4.69) is 24.6 Å². The molecule has 0 saturated carbocycles. The van der Waals surface area contributed by atoms with Gasteiger partial charge in [-0.1, -0.05) is 5.25 Å². The molecule has 10 heavy (non-hydrogen) atoms. The lowest BCUT2D eigenvalue weighted by Crippen LogP contribution is -2.54. The number of nitrogens with zero attached hydrogens (tertiary/aromatic N) is 1. The van der Waals surface area contributed by atoms with Crippen LogP contribution >= 0.6 is 0 Å². The van der Waals surface area contributed by atoms with E-state index in [1.807, 2.05) is 0 Å². The van der Waals surface area contributed by atoms with Gasteiger partial charge in [0.05, 0.1) is 0 Å². The summed E-state index contributed by atoms with van der Waals surface area (Å²) in [6.45, 7) is 6.24. The average Bonchev–Trinajstić information content (AvgIpc) is 1.56. The van der Waals surface area contributed by atoms with E-state index in [1.54, 1.807) is 0 Å². The Kier molecular flexibility index (Phi) is 2.36. The highest BCUT2D eigenvalue weighted by Crippen LogP contribution is 2.13. The van der Waals surface area contributed by atoms with Gasteiger partial charge >= 0.3 is 0 Å². The summed E-state index contributed by atoms with van der Waals surface area (Å²) in [5.41, 5.74) is 0. The Morgan fingerprint density at radius 3 is 2.40 bits per heavy atom. The fourth-order valence-corrected chi connectivity index (χ4v) is 1.77. The van der Waals surface area contributed by atoms with Gasteiger partial charge in [-0.05, 0) is 26.9 Å². The van der Waals surface area contributed by atoms with Crippen molar-refractivity contribution in [2.75, 3.05) is 13.1 Å². The van der Waals surface area contributed by atoms with Crippen LogP contribution in [0.3, 0.4) is 0 Å². The van der Waals surface area contributed by atoms with E-state index in [0.29, 0.717) is 11.3 Å². The smallest absolute Gasteiger partial charge is 0.00373 e. The van der Waals surface area contributed by atoms with Crippen LogP contribution in [0.15, 0.2) is 0 Å². The summed E-state index contributed by atoms with van der Waals surface area (Å²) in [7, 11) is -0.852. The van der Waals surface area contributed by atoms with Gasteiger partial charge in [-0.2, -0.15) is 5.87 Å². The summed E-state index contributed by atoms with van der Waals surface area (Å²) in [4.78, 5) is 2.30. The highest BCUT2D eigenvalue weighted by molar-refractivity contribution is 7.83. The Hall–Kier alpha value is -0.0200. The first-order chi connectivity index (χ1) is 4.61. The van der Waals surface area contributed by atoms with Crippen LogP contribution < -0.4 is 0 Å². The summed E-state index contributed by atoms with van der Waals surface area (Å²) in [6.07, 6.45) is 0. The SMILES string of the molecule is C=[S-](=O)C1CN(C(C)C)C1. The molecule has 0 aromatic rings. The molecule has 0 aromatic heterocycles. The molecule has 0 spiro atoms. The normalized spacial score (nSPS) is 22.0. The molecule has 60 valence electrons. The monoisotopic (exact) mass is 160 g/mol. The summed E-state index contributed by atoms with van der Waals surface area (Å²) < 4.78 is 10.8. The zero-order chi connectivity index (χ0) is 7.72. The zero-order valence-corrected chi connectivity index (χ0v) is 7.36. The minimum atomic E-state index is -0.852. The lowest BCUT2D eigenvalue weighted by molar-refractivity contribution is 0.145. The second-order valence-electron chi connectivity index (χ2n) is 3.05. The second-order valence-corrected chi connectivity index (χ2v) is 4.48. The molecule has 0 radical (unpaired) electrons. The van der Waals surface area contributed by atoms with E-state index in [1.165, 1.54) is 0 Å². The van der Waals surface area contributed by atoms with Crippen LogP contribution in [0.2, 0.25) is 0 Å². The van der Waals surface area contributed by atoms with Gasteiger partial charge in [-0.25, -0.2) is 0 Å². The molecular weight excluding hydrogens is 146 g/mol. The van der Waals surface area contributed by atoms with Gasteiger partial charge in [0, 0.05) is 6.04 Å². The molecule has 0 atom stereocenters. The van der Waals surface area contributed by atoms with Gasteiger partial charge in [-0.3, -0.25) is 10.4 Å². The van der Waals surface area contributed by atoms with Crippen molar-refractivity contribution in [3.63, 3.8) is 0 Å². The first-order valence-corrected chi connectivity index (χ1v) is 4.93. The molecule has 0 amide bonds. The quantitative estimate of drug-likeness (QED) is 0.432. The fraction of sp³-hybridized carbons (Fsp3) is 0.857. The fourth-order valence-electron chi connectivity index (χ4n) is 1.06. The molecule has 3 heteroatoms. The van der Waals surface area contributed by atoms with Crippen molar-refractivity contribution in [1.82, 2.24) is 4.90 Å². The zero-order valence-electron chi connectivity index (χ0n) is 6.54. The van der Waals surface area contributed by atoms with Crippen molar-refractivity contribution in [2.45, 2.75) is 25.1 Å². The molecule has 1 aliphatic rings. The van der Waals surface area contributed by atoms with E-state index in [-0.39, 0.29) is 0 Å². The molecule has 0 unspecified atom stereocenters. The third-order valence-electron chi connectivity index (χ3n) is 1.98. The summed E-state index contributed by atoms with van der Waals surface area (Å²) >= 11 is 0. The standard InChI is InChI=1S/C7H14NOS/c1-6(2)8-4-7(5-8)10(3)9/h6-7H,3-5H2,1-2H3/q-1. The molecule has 1 fully saturated rings. The lowest BCUT2D eigenvalue weighted by Gasteiger charge is -2.44. The van der Waals surface area contributed by atoms with Gasteiger partial charge in [0.1, 0.15) is 0 Å². The lowest BCUT2D eigenvalue weighted by atomic mass is 10.1. The third kappa shape index (κ3) is 1.52. The first-order valence-electron chi connectivity index (χ1n) is 3.55. The van der Waals surface area contributed by atoms with Crippen LogP contribution in [-0.2, 0) is 14.6 Å². The van der Waals surface area contributed by atoms with Gasteiger partial charge in [0.15, 0.2) is 0 Å². The van der Waals surface area contributed by atoms with Gasteiger partial charge < -0.3 is 9.11 Å². The van der Waals surface area contributed by atoms with Crippen molar-refractivity contribution >= 4 is 16.3 Å². The molecule has 0 aliphatic carbocycles. The minimum Gasteiger partial charge on any atom is -0.461 e. The maximum Gasteiger partial charge on any atom is 0.00373 e. The predicted molar refractivity (Wildman–Crippen MR) is 45.7 cm³/mol. The van der Waals surface area contributed by atoms with Crippen molar-refractivity contribution in [3.8, 4) is 0 Å². The Balaban J connectivity index is 2.31. The predicted octanol–water partition coefficient (Wildman–Crippen LogP) is 0.475. The van der Waals surface area contributed by atoms with Crippen molar-refractivity contribution in [1.29, 1.82) is 0 Å². The van der Waals surface area contributed by atoms with E-state index < -0.39 is 10.4 Å². The van der Waals surface area contributed by atoms with Crippen molar-refractivity contribution in [2.24, 2.45) is 0 Å². The minimum absolute atomic E-state index is 0.336. The molecule has 0 bridgehead atoms. The summed E-state index contributed by atoms with van der Waals surface area (Å²) in [6, 6.07) is 0.597. The molecule has 1 heterocycles. The largest absolute Gasteiger partial charge is 0.461 e. The molecule has 1 aliphatic heterocycles. The Bertz CT molecular complexity index is 172. The van der Waals surface area contributed by atoms with E-state index in [0.717, 1.165) is 13.1 Å². The highest BCUT2D eigenvalue weighted by atomic mass is 32.2. The van der Waals surface area contributed by atoms with Crippen LogP contribution in [0.1, 0.15) is 13.8 Å². The van der Waals surface area contributed by atoms with Crippen molar-refractivity contribution < 1.29 is 4.21 Å². The number of likely N-dealkylation sites (tertiary alicyclic amines) is 1. The highest BCUT2D eigenvalue weighted by Gasteiger charge is 2.22. The van der Waals surface area contributed by atoms with Gasteiger partial charge in [0.2, 0.25) is 0 Å². The first kappa shape index (κ1) is 8.08. The van der Waals surface area contributed by atoms with E-state index >= 15 is 0 Å². The van der Waals surface area contributed by atoms with E-state index in [9.17, 15) is 4.21 Å². The number of hydrogen-bond acceptors (Lipinski definition) is 3. The maximum absolute atomic E-state index is 10.8. The molecule has 0 aromatic carbocycles. The van der Waals surface area contributed by atoms with Crippen molar-refractivity contribution in [3.05, 3.63) is 0 Å². The second kappa shape index (κ2) is 2.93. The van der Waals surface area contributed by atoms with Gasteiger partial charge in [-0.15, -0.1) is 0 Å². The van der Waals surface area contributed by atoms with Crippen LogP contribution in [-0.4, -0.2) is 35.2 Å². The Labute approximate surface area is 64.3 Å². The van der Waals surface area contributed by atoms with E-state index in [4.69, 9.17) is 0 Å². The summed E-state index contributed by atoms with van der Waals surface area (Å²) in [5, 5.41) is 0.336. The van der Waals surface area contributed by atoms with Crippen LogP contribution in [0, 0.1) is 0 Å². The number of rotatable bonds is 2. The molecule has 2 nitrogen and oxygen atoms in total. The van der Waals surface area contributed by atoms with Crippen LogP contribution in [0.5, 0.6) is 0 Å². The Morgan fingerprint density at radius 2 is 2.10 bits per heavy atom. The van der Waals surface area contributed by atoms with Gasteiger partial charge in [0.25, 0.3) is 0 Å². The Morgan fingerprint density at radius 1 is 1.60 bits per heavy atom. The molecule has 1 saturated heterocycles. The van der Waals surface area contributed by atoms with Crippen LogP contribution in [0.25, 0.3) is 0 Å². The average molecular weight is 160 g/mol. The molecular formula is C7H14NOS-. The molecule has 1 rings (SSSR count). The number of hydrogen-bond donors (Lipinski definition) is 0. The maximum atomic E-state index is 10.8. The summed E-state index contributed by atoms with van der Waals surface area (Å²) in [5.74, 6) is 3.50.